The lowest BCUT2D eigenvalue weighted by Gasteiger charge is -2.39. The molecule has 0 aliphatic rings. The van der Waals surface area contributed by atoms with Crippen molar-refractivity contribution < 1.29 is 79.9 Å². The van der Waals surface area contributed by atoms with Gasteiger partial charge in [0.1, 0.15) is 6.54 Å². The van der Waals surface area contributed by atoms with E-state index in [0.29, 0.717) is 0 Å². The van der Waals surface area contributed by atoms with Gasteiger partial charge in [0.2, 0.25) is 10.0 Å². The van der Waals surface area contributed by atoms with Gasteiger partial charge in [-0.05, 0) is 0 Å². The van der Waals surface area contributed by atoms with E-state index >= 15 is 0 Å². The molecule has 210 valence electrons. The second kappa shape index (κ2) is 10.1. The zero-order valence-electron chi connectivity index (χ0n) is 17.6. The zero-order chi connectivity index (χ0) is 28.5. The molecule has 0 aliphatic heterocycles. The topological polar surface area (TPSA) is 86.3 Å². The SMILES string of the molecule is [13CH3][N+]([13CH3])(CCCNS(=O)(=O)CCC(F)(F)C(F)(F)C(F)(F)C(F)(F)C(F)(F)C(F)(F)F)[13CH2]C(=O)[O-]. The van der Waals surface area contributed by atoms with E-state index < -0.39 is 77.0 Å². The van der Waals surface area contributed by atoms with E-state index in [1.807, 2.05) is 0 Å². The quantitative estimate of drug-likeness (QED) is 0.150. The largest absolute Gasteiger partial charge is 0.544 e. The van der Waals surface area contributed by atoms with Gasteiger partial charge in [-0.1, -0.05) is 0 Å². The summed E-state index contributed by atoms with van der Waals surface area (Å²) in [5.41, 5.74) is 0. The molecule has 0 spiro atoms. The number of aliphatic carboxylic acids is 1. The molecule has 0 saturated heterocycles. The summed E-state index contributed by atoms with van der Waals surface area (Å²) in [4.78, 5) is 10.5. The Balaban J connectivity index is 5.46. The van der Waals surface area contributed by atoms with Crippen LogP contribution in [-0.4, -0.2) is 94.1 Å². The molecule has 0 aromatic rings. The predicted octanol–water partition coefficient (Wildman–Crippen LogP) is 2.25. The molecule has 0 amide bonds. The molecule has 0 saturated carbocycles. The maximum absolute atomic E-state index is 13.7. The van der Waals surface area contributed by atoms with Gasteiger partial charge in [0.05, 0.1) is 32.4 Å². The maximum atomic E-state index is 13.7. The number of alkyl halides is 13. The van der Waals surface area contributed by atoms with Gasteiger partial charge in [-0.2, -0.15) is 57.1 Å². The van der Waals surface area contributed by atoms with Gasteiger partial charge in [0.15, 0.2) is 0 Å². The molecule has 0 bridgehead atoms. The Kier molecular flexibility index (Phi) is 9.61. The molecule has 0 heterocycles. The van der Waals surface area contributed by atoms with Crippen LogP contribution in [-0.2, 0) is 14.8 Å². The average Bonchev–Trinajstić information content (AvgIpc) is 2.61. The third-order valence-electron chi connectivity index (χ3n) is 4.50. The smallest absolute Gasteiger partial charge is 0.460 e. The summed E-state index contributed by atoms with van der Waals surface area (Å²) in [6, 6.07) is 0. The monoisotopic (exact) mass is 573 g/mol. The van der Waals surface area contributed by atoms with E-state index in [1.54, 1.807) is 0 Å². The molecule has 0 radical (unpaired) electrons. The van der Waals surface area contributed by atoms with Crippen LogP contribution in [0.3, 0.4) is 0 Å². The van der Waals surface area contributed by atoms with Crippen LogP contribution in [0.2, 0.25) is 0 Å². The number of hydrogen-bond donors (Lipinski definition) is 1. The number of sulfonamides is 1. The summed E-state index contributed by atoms with van der Waals surface area (Å²) >= 11 is 0. The summed E-state index contributed by atoms with van der Waals surface area (Å²) in [5, 5.41) is 10.5. The van der Waals surface area contributed by atoms with E-state index in [-0.39, 0.29) is 17.4 Å². The molecule has 0 atom stereocenters. The van der Waals surface area contributed by atoms with Gasteiger partial charge in [-0.3, -0.25) is 0 Å². The Bertz CT molecular complexity index is 857. The lowest BCUT2D eigenvalue weighted by atomic mass is 9.93. The van der Waals surface area contributed by atoms with Gasteiger partial charge >= 0.3 is 35.8 Å². The summed E-state index contributed by atoms with van der Waals surface area (Å²) < 4.78 is 194. The fourth-order valence-corrected chi connectivity index (χ4v) is 3.58. The number of nitrogens with one attached hydrogen (secondary N) is 1. The van der Waals surface area contributed by atoms with Gasteiger partial charge in [0.25, 0.3) is 0 Å². The molecular weight excluding hydrogens is 554 g/mol. The van der Waals surface area contributed by atoms with Crippen molar-refractivity contribution in [3.63, 3.8) is 0 Å². The Hall–Kier alpha value is -1.57. The van der Waals surface area contributed by atoms with Crippen molar-refractivity contribution in [2.75, 3.05) is 39.5 Å². The van der Waals surface area contributed by atoms with Crippen LogP contribution >= 0.6 is 0 Å². The number of nitrogens with zero attached hydrogens (tertiary/aromatic N) is 1. The molecule has 0 aliphatic carbocycles. The van der Waals surface area contributed by atoms with E-state index in [1.165, 1.54) is 18.8 Å². The number of halogens is 13. The second-order valence-electron chi connectivity index (χ2n) is 8.01. The van der Waals surface area contributed by atoms with Crippen LogP contribution in [0.4, 0.5) is 57.1 Å². The van der Waals surface area contributed by atoms with Gasteiger partial charge in [-0.15, -0.1) is 0 Å². The molecular formula is C15H19F13N2O4S. The fraction of sp³-hybridized carbons (Fsp3) is 0.933. The van der Waals surface area contributed by atoms with Crippen LogP contribution < -0.4 is 9.83 Å². The number of rotatable bonds is 14. The lowest BCUT2D eigenvalue weighted by molar-refractivity contribution is -0.884. The molecule has 0 aromatic carbocycles. The summed E-state index contributed by atoms with van der Waals surface area (Å²) in [6.45, 7) is -1.20. The normalized spacial score (nSPS) is 15.4. The van der Waals surface area contributed by atoms with Gasteiger partial charge in [0, 0.05) is 19.4 Å². The first-order chi connectivity index (χ1) is 15.1. The van der Waals surface area contributed by atoms with Crippen molar-refractivity contribution in [1.82, 2.24) is 4.72 Å². The molecule has 0 aromatic heterocycles. The van der Waals surface area contributed by atoms with Crippen molar-refractivity contribution in [2.24, 2.45) is 0 Å². The van der Waals surface area contributed by atoms with Crippen molar-refractivity contribution >= 4 is 16.0 Å². The minimum absolute atomic E-state index is 0.0561. The lowest BCUT2D eigenvalue weighted by Crippen LogP contribution is -2.70. The van der Waals surface area contributed by atoms with Crippen molar-refractivity contribution in [3.8, 4) is 0 Å². The molecule has 0 fully saturated rings. The number of quaternary nitrogens is 1. The summed E-state index contributed by atoms with van der Waals surface area (Å²) in [6.07, 6.45) is -10.6. The van der Waals surface area contributed by atoms with E-state index in [2.05, 4.69) is 0 Å². The number of carboxylic acids is 1. The number of hydrogen-bond acceptors (Lipinski definition) is 4. The molecule has 20 heteroatoms. The Morgan fingerprint density at radius 1 is 0.800 bits per heavy atom. The molecule has 35 heavy (non-hydrogen) atoms. The summed E-state index contributed by atoms with van der Waals surface area (Å²) in [7, 11) is -2.28. The summed E-state index contributed by atoms with van der Waals surface area (Å²) in [5.74, 6) is -41.6. The third-order valence-corrected chi connectivity index (χ3v) is 5.89. The first-order valence-electron chi connectivity index (χ1n) is 9.03. The van der Waals surface area contributed by atoms with Gasteiger partial charge in [-0.25, -0.2) is 13.1 Å². The first-order valence-corrected chi connectivity index (χ1v) is 10.7. The highest BCUT2D eigenvalue weighted by Gasteiger charge is 2.90. The van der Waals surface area contributed by atoms with Crippen LogP contribution in [0.1, 0.15) is 12.8 Å². The zero-order valence-corrected chi connectivity index (χ0v) is 18.5. The number of carbonyl (C=O) groups excluding carboxylic acids is 1. The molecule has 0 rings (SSSR count). The maximum Gasteiger partial charge on any atom is 0.460 e. The van der Waals surface area contributed by atoms with Crippen molar-refractivity contribution in [2.45, 2.75) is 48.6 Å². The minimum Gasteiger partial charge on any atom is -0.544 e. The Morgan fingerprint density at radius 2 is 1.23 bits per heavy atom. The van der Waals surface area contributed by atoms with Crippen molar-refractivity contribution in [3.05, 3.63) is 0 Å². The number of carbonyl (C=O) groups is 1. The van der Waals surface area contributed by atoms with Crippen LogP contribution in [0.5, 0.6) is 0 Å². The first kappa shape index (κ1) is 33.4. The van der Waals surface area contributed by atoms with Crippen molar-refractivity contribution in [1.29, 1.82) is 0 Å². The predicted molar refractivity (Wildman–Crippen MR) is 88.7 cm³/mol. The highest BCUT2D eigenvalue weighted by molar-refractivity contribution is 7.89. The minimum atomic E-state index is -8.06. The highest BCUT2D eigenvalue weighted by atomic mass is 32.2. The van der Waals surface area contributed by atoms with Crippen LogP contribution in [0.25, 0.3) is 0 Å². The van der Waals surface area contributed by atoms with Gasteiger partial charge < -0.3 is 14.4 Å². The molecule has 6 nitrogen and oxygen atoms in total. The Morgan fingerprint density at radius 3 is 1.63 bits per heavy atom. The second-order valence-corrected chi connectivity index (χ2v) is 9.93. The third kappa shape index (κ3) is 7.23. The van der Waals surface area contributed by atoms with E-state index in [9.17, 15) is 75.4 Å². The molecule has 1 N–H and O–H groups in total. The fourth-order valence-electron chi connectivity index (χ4n) is 2.46. The number of carboxylic acid groups (broad SMARTS) is 1. The average molecular weight is 573 g/mol. The molecule has 0 unspecified atom stereocenters. The van der Waals surface area contributed by atoms with Crippen LogP contribution in [0, 0.1) is 0 Å². The standard InChI is InChI=1S/C15H19F13N2O4S/c1-30(2,8-9(31)32)6-3-5-29-35(33,34)7-4-10(16,17)11(18,19)12(20,21)13(22,23)14(24,25)15(26,27)28/h29H,3-8H2,1-2H3/i1+1,2+1,8+1. The Labute approximate surface area is 189 Å². The van der Waals surface area contributed by atoms with Crippen LogP contribution in [0.15, 0.2) is 0 Å². The highest BCUT2D eigenvalue weighted by Crippen LogP contribution is 2.60. The number of likely N-dealkylation sites (N-methyl/N-ethyl adjacent to an activating group) is 1. The van der Waals surface area contributed by atoms with E-state index in [0.717, 1.165) is 0 Å². The van der Waals surface area contributed by atoms with E-state index in [4.69, 9.17) is 0 Å².